The Labute approximate surface area is 117 Å². The van der Waals surface area contributed by atoms with Crippen LogP contribution in [0.1, 0.15) is 21.6 Å². The number of carbonyl (C=O) groups is 1. The van der Waals surface area contributed by atoms with Crippen molar-refractivity contribution in [2.24, 2.45) is 0 Å². The lowest BCUT2D eigenvalue weighted by molar-refractivity contribution is 0.102. The summed E-state index contributed by atoms with van der Waals surface area (Å²) in [5.74, 6) is -0.157. The molecule has 2 heterocycles. The predicted molar refractivity (Wildman–Crippen MR) is 79.1 cm³/mol. The maximum absolute atomic E-state index is 12.4. The minimum Gasteiger partial charge on any atom is -0.320 e. The van der Waals surface area contributed by atoms with E-state index >= 15 is 0 Å². The number of hydrogen-bond acceptors (Lipinski definition) is 2. The van der Waals surface area contributed by atoms with Gasteiger partial charge in [0, 0.05) is 11.9 Å². The number of anilines is 1. The summed E-state index contributed by atoms with van der Waals surface area (Å²) >= 11 is 0. The largest absolute Gasteiger partial charge is 0.320 e. The van der Waals surface area contributed by atoms with E-state index in [1.807, 2.05) is 56.4 Å². The van der Waals surface area contributed by atoms with E-state index in [4.69, 9.17) is 0 Å². The van der Waals surface area contributed by atoms with E-state index in [9.17, 15) is 4.79 Å². The summed E-state index contributed by atoms with van der Waals surface area (Å²) in [4.78, 5) is 16.6. The highest BCUT2D eigenvalue weighted by Crippen LogP contribution is 2.15. The van der Waals surface area contributed by atoms with E-state index in [2.05, 4.69) is 10.3 Å². The molecule has 3 rings (SSSR count). The second kappa shape index (κ2) is 4.81. The number of nitrogens with one attached hydrogen (secondary N) is 1. The van der Waals surface area contributed by atoms with Gasteiger partial charge in [0.25, 0.3) is 5.91 Å². The molecule has 0 aliphatic heterocycles. The Hall–Kier alpha value is -2.62. The number of rotatable bonds is 2. The normalized spacial score (nSPS) is 10.7. The van der Waals surface area contributed by atoms with Gasteiger partial charge in [0.05, 0.1) is 6.20 Å². The maximum Gasteiger partial charge on any atom is 0.274 e. The number of aryl methyl sites for hydroxylation is 2. The highest BCUT2D eigenvalue weighted by Gasteiger charge is 2.12. The second-order valence-electron chi connectivity index (χ2n) is 4.84. The molecule has 0 fully saturated rings. The Morgan fingerprint density at radius 3 is 2.80 bits per heavy atom. The van der Waals surface area contributed by atoms with Gasteiger partial charge in [-0.25, -0.2) is 4.98 Å². The zero-order valence-corrected chi connectivity index (χ0v) is 11.4. The van der Waals surface area contributed by atoms with E-state index in [0.29, 0.717) is 5.69 Å². The summed E-state index contributed by atoms with van der Waals surface area (Å²) in [7, 11) is 0. The predicted octanol–water partition coefficient (Wildman–Crippen LogP) is 3.20. The molecule has 1 N–H and O–H groups in total. The van der Waals surface area contributed by atoms with Crippen molar-refractivity contribution < 1.29 is 4.79 Å². The summed E-state index contributed by atoms with van der Waals surface area (Å²) in [6.07, 6.45) is 3.47. The quantitative estimate of drug-likeness (QED) is 0.773. The third kappa shape index (κ3) is 2.16. The van der Waals surface area contributed by atoms with E-state index in [-0.39, 0.29) is 5.91 Å². The number of nitrogens with zero attached hydrogens (tertiary/aromatic N) is 2. The molecule has 100 valence electrons. The molecule has 0 saturated carbocycles. The van der Waals surface area contributed by atoms with Crippen LogP contribution >= 0.6 is 0 Å². The first-order chi connectivity index (χ1) is 9.65. The molecule has 0 radical (unpaired) electrons. The van der Waals surface area contributed by atoms with Crippen LogP contribution < -0.4 is 5.32 Å². The molecule has 3 aromatic rings. The average molecular weight is 265 g/mol. The van der Waals surface area contributed by atoms with Crippen molar-refractivity contribution in [2.45, 2.75) is 13.8 Å². The lowest BCUT2D eigenvalue weighted by Gasteiger charge is -2.07. The standard InChI is InChI=1S/C16H15N3O/c1-11-7-8-19-14(10-17-15(19)9-11)16(20)18-13-6-4-3-5-12(13)2/h3-10H,1-2H3,(H,18,20). The number of fused-ring (bicyclic) bond motifs is 1. The number of amides is 1. The van der Waals surface area contributed by atoms with Gasteiger partial charge in [-0.1, -0.05) is 18.2 Å². The lowest BCUT2D eigenvalue weighted by atomic mass is 10.2. The van der Waals surface area contributed by atoms with Crippen LogP contribution in [-0.2, 0) is 0 Å². The number of imidazole rings is 1. The highest BCUT2D eigenvalue weighted by atomic mass is 16.1. The molecule has 0 spiro atoms. The molecule has 0 unspecified atom stereocenters. The molecule has 0 aliphatic rings. The van der Waals surface area contributed by atoms with Crippen molar-refractivity contribution in [2.75, 3.05) is 5.32 Å². The number of hydrogen-bond donors (Lipinski definition) is 1. The molecule has 0 atom stereocenters. The van der Waals surface area contributed by atoms with Crippen molar-refractivity contribution in [1.29, 1.82) is 0 Å². The summed E-state index contributed by atoms with van der Waals surface area (Å²) in [6, 6.07) is 11.6. The molecular formula is C16H15N3O. The van der Waals surface area contributed by atoms with Gasteiger partial charge in [-0.3, -0.25) is 9.20 Å². The minimum absolute atomic E-state index is 0.157. The fraction of sp³-hybridized carbons (Fsp3) is 0.125. The van der Waals surface area contributed by atoms with E-state index in [0.717, 1.165) is 22.5 Å². The molecule has 0 aliphatic carbocycles. The zero-order valence-electron chi connectivity index (χ0n) is 11.4. The third-order valence-electron chi connectivity index (χ3n) is 3.29. The van der Waals surface area contributed by atoms with Crippen molar-refractivity contribution in [3.05, 3.63) is 65.6 Å². The van der Waals surface area contributed by atoms with Crippen LogP contribution in [0.25, 0.3) is 5.65 Å². The van der Waals surface area contributed by atoms with Crippen LogP contribution in [-0.4, -0.2) is 15.3 Å². The molecule has 0 saturated heterocycles. The van der Waals surface area contributed by atoms with Gasteiger partial charge in [0.1, 0.15) is 11.3 Å². The van der Waals surface area contributed by atoms with Crippen molar-refractivity contribution >= 4 is 17.2 Å². The fourth-order valence-electron chi connectivity index (χ4n) is 2.15. The van der Waals surface area contributed by atoms with E-state index < -0.39 is 0 Å². The van der Waals surface area contributed by atoms with Crippen molar-refractivity contribution in [3.8, 4) is 0 Å². The monoisotopic (exact) mass is 265 g/mol. The molecule has 1 amide bonds. The van der Waals surface area contributed by atoms with Crippen LogP contribution in [0, 0.1) is 13.8 Å². The molecular weight excluding hydrogens is 250 g/mol. The second-order valence-corrected chi connectivity index (χ2v) is 4.84. The third-order valence-corrected chi connectivity index (χ3v) is 3.29. The van der Waals surface area contributed by atoms with Crippen molar-refractivity contribution in [3.63, 3.8) is 0 Å². The lowest BCUT2D eigenvalue weighted by Crippen LogP contribution is -2.14. The van der Waals surface area contributed by atoms with Gasteiger partial charge >= 0.3 is 0 Å². The Morgan fingerprint density at radius 2 is 2.00 bits per heavy atom. The molecule has 4 nitrogen and oxygen atoms in total. The molecule has 0 bridgehead atoms. The fourth-order valence-corrected chi connectivity index (χ4v) is 2.15. The number of carbonyl (C=O) groups excluding carboxylic acids is 1. The first-order valence-electron chi connectivity index (χ1n) is 6.46. The van der Waals surface area contributed by atoms with Crippen molar-refractivity contribution in [1.82, 2.24) is 9.38 Å². The van der Waals surface area contributed by atoms with Crippen LogP contribution in [0.4, 0.5) is 5.69 Å². The number of aromatic nitrogens is 2. The first-order valence-corrected chi connectivity index (χ1v) is 6.46. The average Bonchev–Trinajstić information content (AvgIpc) is 2.84. The van der Waals surface area contributed by atoms with Crippen LogP contribution in [0.3, 0.4) is 0 Å². The summed E-state index contributed by atoms with van der Waals surface area (Å²) in [5, 5.41) is 2.92. The van der Waals surface area contributed by atoms with Crippen LogP contribution in [0.5, 0.6) is 0 Å². The molecule has 4 heteroatoms. The summed E-state index contributed by atoms with van der Waals surface area (Å²) in [6.45, 7) is 3.97. The number of pyridine rings is 1. The van der Waals surface area contributed by atoms with Crippen LogP contribution in [0.15, 0.2) is 48.8 Å². The molecule has 20 heavy (non-hydrogen) atoms. The van der Waals surface area contributed by atoms with Gasteiger partial charge in [-0.05, 0) is 43.2 Å². The zero-order chi connectivity index (χ0) is 14.1. The van der Waals surface area contributed by atoms with Gasteiger partial charge in [-0.2, -0.15) is 0 Å². The number of para-hydroxylation sites is 1. The highest BCUT2D eigenvalue weighted by molar-refractivity contribution is 6.03. The molecule has 2 aromatic heterocycles. The topological polar surface area (TPSA) is 46.4 Å². The first kappa shape index (κ1) is 12.4. The van der Waals surface area contributed by atoms with Crippen LogP contribution in [0.2, 0.25) is 0 Å². The number of benzene rings is 1. The van der Waals surface area contributed by atoms with Gasteiger partial charge in [0.15, 0.2) is 0 Å². The Kier molecular flexibility index (Phi) is 2.99. The minimum atomic E-state index is -0.157. The van der Waals surface area contributed by atoms with Gasteiger partial charge in [-0.15, -0.1) is 0 Å². The Balaban J connectivity index is 1.95. The smallest absolute Gasteiger partial charge is 0.274 e. The Morgan fingerprint density at radius 1 is 1.20 bits per heavy atom. The molecule has 1 aromatic carbocycles. The maximum atomic E-state index is 12.4. The summed E-state index contributed by atoms with van der Waals surface area (Å²) in [5.41, 5.74) is 4.28. The van der Waals surface area contributed by atoms with Gasteiger partial charge < -0.3 is 5.32 Å². The van der Waals surface area contributed by atoms with E-state index in [1.54, 1.807) is 10.6 Å². The summed E-state index contributed by atoms with van der Waals surface area (Å²) < 4.78 is 1.79. The van der Waals surface area contributed by atoms with E-state index in [1.165, 1.54) is 0 Å². The Bertz CT molecular complexity index is 789. The SMILES string of the molecule is Cc1ccn2c(C(=O)Nc3ccccc3C)cnc2c1. The van der Waals surface area contributed by atoms with Gasteiger partial charge in [0.2, 0.25) is 0 Å².